The minimum absolute atomic E-state index is 0.0550. The van der Waals surface area contributed by atoms with E-state index >= 15 is 0 Å². The zero-order valence-corrected chi connectivity index (χ0v) is 17.1. The molecule has 0 bridgehead atoms. The third-order valence-corrected chi connectivity index (χ3v) is 5.91. The lowest BCUT2D eigenvalue weighted by Gasteiger charge is -2.17. The van der Waals surface area contributed by atoms with Gasteiger partial charge in [0, 0.05) is 36.8 Å². The van der Waals surface area contributed by atoms with Gasteiger partial charge in [0.05, 0.1) is 23.2 Å². The first-order valence-electron chi connectivity index (χ1n) is 10.3. The SMILES string of the molecule is CCn1ccc2c1CN(C(=O)c1cc(Cc3n[nH]c(=O)c4ccccc34)ccc1F)C2. The van der Waals surface area contributed by atoms with Gasteiger partial charge in [-0.05, 0) is 42.3 Å². The van der Waals surface area contributed by atoms with Crippen LogP contribution in [0.5, 0.6) is 0 Å². The van der Waals surface area contributed by atoms with Gasteiger partial charge in [-0.2, -0.15) is 5.10 Å². The van der Waals surface area contributed by atoms with E-state index in [2.05, 4.69) is 21.7 Å². The van der Waals surface area contributed by atoms with E-state index in [9.17, 15) is 14.0 Å². The molecule has 0 atom stereocenters. The van der Waals surface area contributed by atoms with Crippen molar-refractivity contribution in [2.24, 2.45) is 0 Å². The van der Waals surface area contributed by atoms with Crippen LogP contribution in [0.2, 0.25) is 0 Å². The third kappa shape index (κ3) is 3.32. The van der Waals surface area contributed by atoms with Crippen LogP contribution in [0.3, 0.4) is 0 Å². The second-order valence-corrected chi connectivity index (χ2v) is 7.77. The molecule has 1 aliphatic heterocycles. The normalized spacial score (nSPS) is 13.0. The fraction of sp³-hybridized carbons (Fsp3) is 0.208. The van der Waals surface area contributed by atoms with Crippen molar-refractivity contribution >= 4 is 16.7 Å². The summed E-state index contributed by atoms with van der Waals surface area (Å²) in [6, 6.07) is 13.8. The van der Waals surface area contributed by atoms with Gasteiger partial charge in [0.15, 0.2) is 0 Å². The first-order chi connectivity index (χ1) is 15.0. The molecule has 0 saturated heterocycles. The highest BCUT2D eigenvalue weighted by Crippen LogP contribution is 2.27. The van der Waals surface area contributed by atoms with E-state index in [1.165, 1.54) is 6.07 Å². The van der Waals surface area contributed by atoms with Gasteiger partial charge >= 0.3 is 0 Å². The van der Waals surface area contributed by atoms with E-state index < -0.39 is 5.82 Å². The van der Waals surface area contributed by atoms with Crippen molar-refractivity contribution in [1.29, 1.82) is 0 Å². The Bertz CT molecular complexity index is 1370. The highest BCUT2D eigenvalue weighted by molar-refractivity contribution is 5.95. The molecular formula is C24H21FN4O2. The Morgan fingerprint density at radius 3 is 2.74 bits per heavy atom. The maximum absolute atomic E-state index is 14.6. The highest BCUT2D eigenvalue weighted by atomic mass is 19.1. The monoisotopic (exact) mass is 416 g/mol. The Hall–Kier alpha value is -3.74. The Morgan fingerprint density at radius 1 is 1.13 bits per heavy atom. The van der Waals surface area contributed by atoms with Crippen LogP contribution in [-0.2, 0) is 26.1 Å². The number of hydrogen-bond acceptors (Lipinski definition) is 3. The second kappa shape index (κ2) is 7.50. The Kier molecular flexibility index (Phi) is 4.66. The van der Waals surface area contributed by atoms with E-state index in [1.807, 2.05) is 24.4 Å². The topological polar surface area (TPSA) is 71.0 Å². The van der Waals surface area contributed by atoms with Crippen molar-refractivity contribution in [1.82, 2.24) is 19.7 Å². The largest absolute Gasteiger partial charge is 0.350 e. The van der Waals surface area contributed by atoms with Crippen LogP contribution in [-0.4, -0.2) is 25.6 Å². The molecular weight excluding hydrogens is 395 g/mol. The van der Waals surface area contributed by atoms with E-state index in [0.29, 0.717) is 30.6 Å². The van der Waals surface area contributed by atoms with E-state index in [-0.39, 0.29) is 17.0 Å². The number of aryl methyl sites for hydroxylation is 1. The lowest BCUT2D eigenvalue weighted by molar-refractivity contribution is 0.0744. The summed E-state index contributed by atoms with van der Waals surface area (Å²) >= 11 is 0. The molecule has 2 aromatic heterocycles. The lowest BCUT2D eigenvalue weighted by atomic mass is 10.0. The average Bonchev–Trinajstić information content (AvgIpc) is 3.37. The maximum atomic E-state index is 14.6. The molecule has 1 amide bonds. The summed E-state index contributed by atoms with van der Waals surface area (Å²) in [7, 11) is 0. The van der Waals surface area contributed by atoms with Crippen molar-refractivity contribution < 1.29 is 9.18 Å². The number of carbonyl (C=O) groups is 1. The van der Waals surface area contributed by atoms with Crippen molar-refractivity contribution in [3.8, 4) is 0 Å². The van der Waals surface area contributed by atoms with Crippen LogP contribution in [0.15, 0.2) is 59.5 Å². The summed E-state index contributed by atoms with van der Waals surface area (Å²) in [4.78, 5) is 26.8. The molecule has 6 nitrogen and oxygen atoms in total. The second-order valence-electron chi connectivity index (χ2n) is 7.77. The fourth-order valence-corrected chi connectivity index (χ4v) is 4.29. The first-order valence-corrected chi connectivity index (χ1v) is 10.3. The smallest absolute Gasteiger partial charge is 0.272 e. The number of rotatable bonds is 4. The predicted octanol–water partition coefficient (Wildman–Crippen LogP) is 3.63. The number of halogens is 1. The minimum Gasteiger partial charge on any atom is -0.350 e. The van der Waals surface area contributed by atoms with Gasteiger partial charge in [0.25, 0.3) is 11.5 Å². The van der Waals surface area contributed by atoms with Gasteiger partial charge in [-0.15, -0.1) is 0 Å². The standard InChI is InChI=1S/C24H21FN4O2/c1-2-28-10-9-16-13-29(14-22(16)28)24(31)19-11-15(7-8-20(19)25)12-21-17-5-3-4-6-18(17)23(30)27-26-21/h3-11H,2,12-14H2,1H3,(H,27,30). The minimum atomic E-state index is -0.539. The fourth-order valence-electron chi connectivity index (χ4n) is 4.29. The summed E-state index contributed by atoms with van der Waals surface area (Å²) in [6.07, 6.45) is 2.40. The van der Waals surface area contributed by atoms with Crippen molar-refractivity contribution in [2.45, 2.75) is 33.0 Å². The summed E-state index contributed by atoms with van der Waals surface area (Å²) in [5.74, 6) is -0.861. The summed E-state index contributed by atoms with van der Waals surface area (Å²) in [6.45, 7) is 3.85. The van der Waals surface area contributed by atoms with Crippen LogP contribution < -0.4 is 5.56 Å². The lowest BCUT2D eigenvalue weighted by Crippen LogP contribution is -2.27. The highest BCUT2D eigenvalue weighted by Gasteiger charge is 2.28. The number of aromatic nitrogens is 3. The van der Waals surface area contributed by atoms with Gasteiger partial charge in [0.1, 0.15) is 5.82 Å². The number of benzene rings is 2. The Morgan fingerprint density at radius 2 is 1.94 bits per heavy atom. The van der Waals surface area contributed by atoms with Gasteiger partial charge in [-0.25, -0.2) is 9.49 Å². The number of nitrogens with one attached hydrogen (secondary N) is 1. The molecule has 0 fully saturated rings. The molecule has 1 aliphatic rings. The van der Waals surface area contributed by atoms with E-state index in [1.54, 1.807) is 29.2 Å². The molecule has 31 heavy (non-hydrogen) atoms. The molecule has 3 heterocycles. The maximum Gasteiger partial charge on any atom is 0.272 e. The van der Waals surface area contributed by atoms with Gasteiger partial charge in [0.2, 0.25) is 0 Å². The molecule has 0 saturated carbocycles. The molecule has 156 valence electrons. The summed E-state index contributed by atoms with van der Waals surface area (Å²) in [5, 5.41) is 8.00. The predicted molar refractivity (Wildman–Crippen MR) is 115 cm³/mol. The van der Waals surface area contributed by atoms with Crippen LogP contribution >= 0.6 is 0 Å². The van der Waals surface area contributed by atoms with Gasteiger partial charge < -0.3 is 9.47 Å². The van der Waals surface area contributed by atoms with Crippen LogP contribution in [0, 0.1) is 5.82 Å². The molecule has 0 spiro atoms. The Labute approximate surface area is 177 Å². The molecule has 0 aliphatic carbocycles. The quantitative estimate of drug-likeness (QED) is 0.552. The molecule has 4 aromatic rings. The number of amides is 1. The van der Waals surface area contributed by atoms with Crippen LogP contribution in [0.4, 0.5) is 4.39 Å². The number of H-pyrrole nitrogens is 1. The molecule has 0 unspecified atom stereocenters. The van der Waals surface area contributed by atoms with Gasteiger partial charge in [-0.3, -0.25) is 9.59 Å². The number of hydrogen-bond donors (Lipinski definition) is 1. The number of aromatic amines is 1. The van der Waals surface area contributed by atoms with Gasteiger partial charge in [-0.1, -0.05) is 24.3 Å². The van der Waals surface area contributed by atoms with E-state index in [4.69, 9.17) is 0 Å². The summed E-state index contributed by atoms with van der Waals surface area (Å²) < 4.78 is 16.7. The zero-order chi connectivity index (χ0) is 21.5. The molecule has 0 radical (unpaired) electrons. The molecule has 1 N–H and O–H groups in total. The van der Waals surface area contributed by atoms with Crippen LogP contribution in [0.1, 0.15) is 39.8 Å². The first kappa shape index (κ1) is 19.2. The number of fused-ring (bicyclic) bond motifs is 2. The molecule has 2 aromatic carbocycles. The van der Waals surface area contributed by atoms with Crippen molar-refractivity contribution in [2.75, 3.05) is 0 Å². The number of nitrogens with zero attached hydrogens (tertiary/aromatic N) is 3. The van der Waals surface area contributed by atoms with Crippen molar-refractivity contribution in [3.63, 3.8) is 0 Å². The summed E-state index contributed by atoms with van der Waals surface area (Å²) in [5.41, 5.74) is 3.44. The molecule has 5 rings (SSSR count). The van der Waals surface area contributed by atoms with Crippen molar-refractivity contribution in [3.05, 3.63) is 99.0 Å². The van der Waals surface area contributed by atoms with Crippen LogP contribution in [0.25, 0.3) is 10.8 Å². The average molecular weight is 416 g/mol. The number of carbonyl (C=O) groups excluding carboxylic acids is 1. The third-order valence-electron chi connectivity index (χ3n) is 5.91. The zero-order valence-electron chi connectivity index (χ0n) is 17.1. The van der Waals surface area contributed by atoms with E-state index in [0.717, 1.165) is 28.8 Å². The molecule has 7 heteroatoms. The Balaban J connectivity index is 1.44.